The summed E-state index contributed by atoms with van der Waals surface area (Å²) in [6.07, 6.45) is -1.58. The standard InChI is InChI=1S/C18H19F3N2O2S/c19-18(20,21)12-3-1-11(2-4-12)17-23-14(10-26-17)9-16(25)22-13-5-7-15(24)8-6-13/h1-4,10,13,15,24H,5-9H2,(H,22,25). The Bertz CT molecular complexity index is 751. The van der Waals surface area contributed by atoms with Crippen molar-refractivity contribution in [2.75, 3.05) is 0 Å². The van der Waals surface area contributed by atoms with Crippen LogP contribution >= 0.6 is 11.3 Å². The van der Waals surface area contributed by atoms with Gasteiger partial charge in [-0.25, -0.2) is 4.98 Å². The number of alkyl halides is 3. The Morgan fingerprint density at radius 2 is 1.85 bits per heavy atom. The van der Waals surface area contributed by atoms with Crippen LogP contribution in [0.5, 0.6) is 0 Å². The van der Waals surface area contributed by atoms with Crippen molar-refractivity contribution >= 4 is 17.2 Å². The molecule has 1 aromatic carbocycles. The van der Waals surface area contributed by atoms with E-state index in [0.29, 0.717) is 29.1 Å². The van der Waals surface area contributed by atoms with Gasteiger partial charge in [-0.3, -0.25) is 4.79 Å². The second-order valence-corrected chi connectivity index (χ2v) is 7.33. The number of rotatable bonds is 4. The first-order valence-electron chi connectivity index (χ1n) is 8.41. The fourth-order valence-electron chi connectivity index (χ4n) is 2.99. The molecule has 2 aromatic rings. The zero-order chi connectivity index (χ0) is 18.7. The molecule has 0 unspecified atom stereocenters. The zero-order valence-electron chi connectivity index (χ0n) is 13.9. The molecular weight excluding hydrogens is 365 g/mol. The Hall–Kier alpha value is -1.93. The summed E-state index contributed by atoms with van der Waals surface area (Å²) in [5.41, 5.74) is 0.490. The molecule has 1 fully saturated rings. The molecule has 0 radical (unpaired) electrons. The highest BCUT2D eigenvalue weighted by Crippen LogP contribution is 2.31. The van der Waals surface area contributed by atoms with E-state index in [9.17, 15) is 23.1 Å². The van der Waals surface area contributed by atoms with E-state index in [2.05, 4.69) is 10.3 Å². The van der Waals surface area contributed by atoms with Crippen LogP contribution in [-0.4, -0.2) is 28.1 Å². The lowest BCUT2D eigenvalue weighted by Crippen LogP contribution is -2.39. The summed E-state index contributed by atoms with van der Waals surface area (Å²) in [7, 11) is 0. The molecule has 1 aromatic heterocycles. The van der Waals surface area contributed by atoms with Crippen LogP contribution in [0.25, 0.3) is 10.6 Å². The molecule has 1 aliphatic rings. The number of benzene rings is 1. The van der Waals surface area contributed by atoms with Crippen LogP contribution < -0.4 is 5.32 Å². The molecule has 1 amide bonds. The maximum absolute atomic E-state index is 12.6. The Morgan fingerprint density at radius 1 is 1.19 bits per heavy atom. The van der Waals surface area contributed by atoms with Gasteiger partial charge in [0.25, 0.3) is 0 Å². The number of nitrogens with zero attached hydrogens (tertiary/aromatic N) is 1. The number of thiazole rings is 1. The average Bonchev–Trinajstić information content (AvgIpc) is 3.04. The number of aliphatic hydroxyl groups excluding tert-OH is 1. The topological polar surface area (TPSA) is 62.2 Å². The van der Waals surface area contributed by atoms with Gasteiger partial charge in [-0.05, 0) is 37.8 Å². The zero-order valence-corrected chi connectivity index (χ0v) is 14.7. The van der Waals surface area contributed by atoms with Crippen LogP contribution in [0, 0.1) is 0 Å². The molecule has 3 rings (SSSR count). The smallest absolute Gasteiger partial charge is 0.393 e. The Kier molecular flexibility index (Phi) is 5.62. The van der Waals surface area contributed by atoms with Crippen molar-refractivity contribution in [2.24, 2.45) is 0 Å². The SMILES string of the molecule is O=C(Cc1csc(-c2ccc(C(F)(F)F)cc2)n1)NC1CCC(O)CC1. The van der Waals surface area contributed by atoms with Crippen molar-refractivity contribution in [3.05, 3.63) is 40.9 Å². The number of amides is 1. The second-order valence-electron chi connectivity index (χ2n) is 6.47. The van der Waals surface area contributed by atoms with Crippen molar-refractivity contribution in [3.8, 4) is 10.6 Å². The van der Waals surface area contributed by atoms with Crippen LogP contribution in [0.15, 0.2) is 29.6 Å². The lowest BCUT2D eigenvalue weighted by molar-refractivity contribution is -0.137. The highest BCUT2D eigenvalue weighted by molar-refractivity contribution is 7.13. The van der Waals surface area contributed by atoms with E-state index < -0.39 is 11.7 Å². The molecule has 8 heteroatoms. The third-order valence-electron chi connectivity index (χ3n) is 4.41. The van der Waals surface area contributed by atoms with Crippen LogP contribution in [0.2, 0.25) is 0 Å². The lowest BCUT2D eigenvalue weighted by Gasteiger charge is -2.26. The third-order valence-corrected chi connectivity index (χ3v) is 5.35. The highest BCUT2D eigenvalue weighted by atomic mass is 32.1. The Morgan fingerprint density at radius 3 is 2.46 bits per heavy atom. The Balaban J connectivity index is 1.58. The molecule has 1 saturated carbocycles. The van der Waals surface area contributed by atoms with Gasteiger partial charge in [0.15, 0.2) is 0 Å². The number of halogens is 3. The van der Waals surface area contributed by atoms with Gasteiger partial charge in [-0.1, -0.05) is 12.1 Å². The predicted molar refractivity (Wildman–Crippen MR) is 92.7 cm³/mol. The number of aliphatic hydroxyl groups is 1. The van der Waals surface area contributed by atoms with Gasteiger partial charge >= 0.3 is 6.18 Å². The Labute approximate surface area is 153 Å². The van der Waals surface area contributed by atoms with E-state index in [1.807, 2.05) is 0 Å². The molecule has 4 nitrogen and oxygen atoms in total. The first-order valence-corrected chi connectivity index (χ1v) is 9.28. The molecule has 140 valence electrons. The first kappa shape index (κ1) is 18.8. The van der Waals surface area contributed by atoms with Crippen molar-refractivity contribution in [1.29, 1.82) is 0 Å². The summed E-state index contributed by atoms with van der Waals surface area (Å²) in [6.45, 7) is 0. The number of aromatic nitrogens is 1. The molecule has 0 bridgehead atoms. The summed E-state index contributed by atoms with van der Waals surface area (Å²) in [6, 6.07) is 4.91. The van der Waals surface area contributed by atoms with Gasteiger partial charge < -0.3 is 10.4 Å². The van der Waals surface area contributed by atoms with Gasteiger partial charge in [0.05, 0.1) is 23.8 Å². The monoisotopic (exact) mass is 384 g/mol. The van der Waals surface area contributed by atoms with Gasteiger partial charge in [0.1, 0.15) is 5.01 Å². The van der Waals surface area contributed by atoms with Gasteiger partial charge in [-0.15, -0.1) is 11.3 Å². The molecule has 1 aliphatic carbocycles. The molecule has 0 saturated heterocycles. The summed E-state index contributed by atoms with van der Waals surface area (Å²) in [5.74, 6) is -0.129. The van der Waals surface area contributed by atoms with Crippen molar-refractivity contribution in [2.45, 2.75) is 50.4 Å². The number of carbonyl (C=O) groups excluding carboxylic acids is 1. The van der Waals surface area contributed by atoms with E-state index in [4.69, 9.17) is 0 Å². The first-order chi connectivity index (χ1) is 12.3. The number of carbonyl (C=O) groups is 1. The van der Waals surface area contributed by atoms with Crippen LogP contribution in [0.4, 0.5) is 13.2 Å². The maximum Gasteiger partial charge on any atom is 0.416 e. The normalized spacial score (nSPS) is 20.8. The van der Waals surface area contributed by atoms with E-state index in [-0.39, 0.29) is 24.5 Å². The highest BCUT2D eigenvalue weighted by Gasteiger charge is 2.30. The number of hydrogen-bond donors (Lipinski definition) is 2. The summed E-state index contributed by atoms with van der Waals surface area (Å²) in [4.78, 5) is 16.5. The molecule has 2 N–H and O–H groups in total. The van der Waals surface area contributed by atoms with E-state index >= 15 is 0 Å². The van der Waals surface area contributed by atoms with Gasteiger partial charge in [0, 0.05) is 17.0 Å². The van der Waals surface area contributed by atoms with Crippen molar-refractivity contribution in [1.82, 2.24) is 10.3 Å². The third kappa shape index (κ3) is 4.82. The minimum Gasteiger partial charge on any atom is -0.393 e. The van der Waals surface area contributed by atoms with Gasteiger partial charge in [0.2, 0.25) is 5.91 Å². The molecular formula is C18H19F3N2O2S. The largest absolute Gasteiger partial charge is 0.416 e. The molecule has 26 heavy (non-hydrogen) atoms. The fourth-order valence-corrected chi connectivity index (χ4v) is 3.81. The molecule has 0 spiro atoms. The van der Waals surface area contributed by atoms with Crippen LogP contribution in [-0.2, 0) is 17.4 Å². The van der Waals surface area contributed by atoms with Crippen molar-refractivity contribution < 1.29 is 23.1 Å². The minimum absolute atomic E-state index is 0.0823. The maximum atomic E-state index is 12.6. The molecule has 0 atom stereocenters. The predicted octanol–water partition coefficient (Wildman–Crippen LogP) is 3.79. The quantitative estimate of drug-likeness (QED) is 0.843. The van der Waals surface area contributed by atoms with E-state index in [1.165, 1.54) is 23.5 Å². The minimum atomic E-state index is -4.36. The van der Waals surface area contributed by atoms with Crippen LogP contribution in [0.3, 0.4) is 0 Å². The molecule has 0 aliphatic heterocycles. The van der Waals surface area contributed by atoms with Crippen LogP contribution in [0.1, 0.15) is 36.9 Å². The second kappa shape index (κ2) is 7.75. The summed E-state index contributed by atoms with van der Waals surface area (Å²) >= 11 is 1.30. The summed E-state index contributed by atoms with van der Waals surface area (Å²) in [5, 5.41) is 14.8. The molecule has 1 heterocycles. The lowest BCUT2D eigenvalue weighted by atomic mass is 9.93. The van der Waals surface area contributed by atoms with E-state index in [0.717, 1.165) is 25.0 Å². The fraction of sp³-hybridized carbons (Fsp3) is 0.444. The number of hydrogen-bond acceptors (Lipinski definition) is 4. The summed E-state index contributed by atoms with van der Waals surface area (Å²) < 4.78 is 37.8. The van der Waals surface area contributed by atoms with Crippen molar-refractivity contribution in [3.63, 3.8) is 0 Å². The van der Waals surface area contributed by atoms with E-state index in [1.54, 1.807) is 5.38 Å². The number of nitrogens with one attached hydrogen (secondary N) is 1. The van der Waals surface area contributed by atoms with Gasteiger partial charge in [-0.2, -0.15) is 13.2 Å². The average molecular weight is 384 g/mol.